The van der Waals surface area contributed by atoms with E-state index in [2.05, 4.69) is 24.5 Å². The zero-order chi connectivity index (χ0) is 8.97. The van der Waals surface area contributed by atoms with E-state index in [-0.39, 0.29) is 5.75 Å². The molecule has 0 saturated carbocycles. The Balaban J connectivity index is 3.05. The van der Waals surface area contributed by atoms with Gasteiger partial charge < -0.3 is 5.11 Å². The number of aromatic hydroxyl groups is 1. The second kappa shape index (κ2) is 4.08. The molecule has 0 bridgehead atoms. The Kier molecular flexibility index (Phi) is 3.07. The Morgan fingerprint density at radius 3 is 2.92 bits per heavy atom. The van der Waals surface area contributed by atoms with Crippen LogP contribution in [-0.4, -0.2) is 10.9 Å². The van der Waals surface area contributed by atoms with Gasteiger partial charge in [0.15, 0.2) is 0 Å². The summed E-state index contributed by atoms with van der Waals surface area (Å²) in [6, 6.07) is 5.35. The third-order valence-corrected chi connectivity index (χ3v) is 1.61. The molecule has 0 aliphatic rings. The van der Waals surface area contributed by atoms with E-state index in [9.17, 15) is 5.11 Å². The lowest BCUT2D eigenvalue weighted by Gasteiger charge is -1.97. The minimum Gasteiger partial charge on any atom is -0.507 e. The van der Waals surface area contributed by atoms with Crippen LogP contribution in [-0.2, 0) is 0 Å². The van der Waals surface area contributed by atoms with Crippen molar-refractivity contribution in [3.8, 4) is 17.6 Å². The van der Waals surface area contributed by atoms with E-state index in [0.29, 0.717) is 11.3 Å². The third kappa shape index (κ3) is 2.21. The summed E-state index contributed by atoms with van der Waals surface area (Å²) >= 11 is 3.96. The first-order valence-corrected chi connectivity index (χ1v) is 4.26. The van der Waals surface area contributed by atoms with Gasteiger partial charge >= 0.3 is 0 Å². The lowest BCUT2D eigenvalue weighted by Crippen LogP contribution is -1.79. The number of thiol groups is 1. The highest BCUT2D eigenvalue weighted by atomic mass is 32.1. The van der Waals surface area contributed by atoms with E-state index in [0.717, 1.165) is 5.56 Å². The van der Waals surface area contributed by atoms with Crippen LogP contribution in [0, 0.1) is 18.8 Å². The highest BCUT2D eigenvalue weighted by molar-refractivity contribution is 7.80. The summed E-state index contributed by atoms with van der Waals surface area (Å²) in [5.41, 5.74) is 1.76. The van der Waals surface area contributed by atoms with Crippen LogP contribution < -0.4 is 0 Å². The predicted octanol–water partition coefficient (Wildman–Crippen LogP) is 1.98. The molecule has 0 unspecified atom stereocenters. The van der Waals surface area contributed by atoms with Crippen LogP contribution in [0.5, 0.6) is 5.75 Å². The van der Waals surface area contributed by atoms with Crippen LogP contribution in [0.1, 0.15) is 11.1 Å². The summed E-state index contributed by atoms with van der Waals surface area (Å²) < 4.78 is 0. The minimum absolute atomic E-state index is 0.231. The fourth-order valence-electron chi connectivity index (χ4n) is 0.885. The summed E-state index contributed by atoms with van der Waals surface area (Å²) in [6.45, 7) is 1.96. The monoisotopic (exact) mass is 178 g/mol. The van der Waals surface area contributed by atoms with Gasteiger partial charge in [0.2, 0.25) is 0 Å². The molecule has 62 valence electrons. The largest absolute Gasteiger partial charge is 0.507 e. The van der Waals surface area contributed by atoms with Crippen LogP contribution >= 0.6 is 12.6 Å². The van der Waals surface area contributed by atoms with Crippen LogP contribution in [0.2, 0.25) is 0 Å². The van der Waals surface area contributed by atoms with Crippen LogP contribution in [0.15, 0.2) is 18.2 Å². The van der Waals surface area contributed by atoms with Gasteiger partial charge in [-0.3, -0.25) is 0 Å². The predicted molar refractivity (Wildman–Crippen MR) is 53.6 cm³/mol. The maximum absolute atomic E-state index is 9.33. The summed E-state index contributed by atoms with van der Waals surface area (Å²) in [5.74, 6) is 6.35. The first kappa shape index (κ1) is 9.02. The topological polar surface area (TPSA) is 20.2 Å². The van der Waals surface area contributed by atoms with Crippen molar-refractivity contribution in [2.45, 2.75) is 6.92 Å². The molecule has 0 aliphatic carbocycles. The molecule has 1 aromatic rings. The van der Waals surface area contributed by atoms with E-state index in [1.165, 1.54) is 0 Å². The number of rotatable bonds is 0. The molecule has 1 aromatic carbocycles. The van der Waals surface area contributed by atoms with E-state index >= 15 is 0 Å². The smallest absolute Gasteiger partial charge is 0.131 e. The highest BCUT2D eigenvalue weighted by Crippen LogP contribution is 2.16. The molecule has 0 heterocycles. The quantitative estimate of drug-likeness (QED) is 0.460. The third-order valence-electron chi connectivity index (χ3n) is 1.45. The Hall–Kier alpha value is -1.07. The van der Waals surface area contributed by atoms with Crippen molar-refractivity contribution in [1.29, 1.82) is 0 Å². The van der Waals surface area contributed by atoms with Crippen molar-refractivity contribution >= 4 is 12.6 Å². The van der Waals surface area contributed by atoms with Gasteiger partial charge in [-0.05, 0) is 24.6 Å². The SMILES string of the molecule is Cc1ccc(O)c(C#CCS)c1. The van der Waals surface area contributed by atoms with Crippen molar-refractivity contribution in [3.05, 3.63) is 29.3 Å². The maximum Gasteiger partial charge on any atom is 0.131 e. The number of phenolic OH excluding ortho intramolecular Hbond substituents is 1. The Morgan fingerprint density at radius 2 is 2.25 bits per heavy atom. The van der Waals surface area contributed by atoms with Crippen LogP contribution in [0.4, 0.5) is 0 Å². The fraction of sp³-hybridized carbons (Fsp3) is 0.200. The van der Waals surface area contributed by atoms with Gasteiger partial charge in [-0.15, -0.1) is 0 Å². The molecule has 0 aromatic heterocycles. The van der Waals surface area contributed by atoms with Gasteiger partial charge in [0.25, 0.3) is 0 Å². The average molecular weight is 178 g/mol. The Labute approximate surface area is 77.8 Å². The second-order valence-electron chi connectivity index (χ2n) is 2.48. The van der Waals surface area contributed by atoms with Crippen molar-refractivity contribution in [2.24, 2.45) is 0 Å². The molecule has 2 heteroatoms. The summed E-state index contributed by atoms with van der Waals surface area (Å²) in [5, 5.41) is 9.33. The highest BCUT2D eigenvalue weighted by Gasteiger charge is 1.95. The first-order valence-electron chi connectivity index (χ1n) is 3.63. The molecule has 0 fully saturated rings. The molecule has 1 N–H and O–H groups in total. The van der Waals surface area contributed by atoms with Crippen molar-refractivity contribution in [2.75, 3.05) is 5.75 Å². The van der Waals surface area contributed by atoms with Gasteiger partial charge in [0.05, 0.1) is 11.3 Å². The molecule has 0 radical (unpaired) electrons. The van der Waals surface area contributed by atoms with Crippen molar-refractivity contribution < 1.29 is 5.11 Å². The second-order valence-corrected chi connectivity index (χ2v) is 2.80. The molecule has 12 heavy (non-hydrogen) atoms. The summed E-state index contributed by atoms with van der Waals surface area (Å²) in [6.07, 6.45) is 0. The number of hydrogen-bond acceptors (Lipinski definition) is 2. The first-order chi connectivity index (χ1) is 5.74. The van der Waals surface area contributed by atoms with Gasteiger partial charge in [-0.25, -0.2) is 0 Å². The van der Waals surface area contributed by atoms with E-state index in [1.807, 2.05) is 19.1 Å². The Morgan fingerprint density at radius 1 is 1.50 bits per heavy atom. The van der Waals surface area contributed by atoms with E-state index in [1.54, 1.807) is 6.07 Å². The molecular formula is C10H10OS. The minimum atomic E-state index is 0.231. The van der Waals surface area contributed by atoms with E-state index in [4.69, 9.17) is 0 Å². The molecule has 1 nitrogen and oxygen atoms in total. The fourth-order valence-corrected chi connectivity index (χ4v) is 0.964. The van der Waals surface area contributed by atoms with Crippen molar-refractivity contribution in [3.63, 3.8) is 0 Å². The zero-order valence-electron chi connectivity index (χ0n) is 6.83. The zero-order valence-corrected chi connectivity index (χ0v) is 7.73. The van der Waals surface area contributed by atoms with Crippen molar-refractivity contribution in [1.82, 2.24) is 0 Å². The Bertz CT molecular complexity index is 333. The molecular weight excluding hydrogens is 168 g/mol. The molecule has 0 spiro atoms. The summed E-state index contributed by atoms with van der Waals surface area (Å²) in [4.78, 5) is 0. The maximum atomic E-state index is 9.33. The van der Waals surface area contributed by atoms with E-state index < -0.39 is 0 Å². The molecule has 0 atom stereocenters. The number of hydrogen-bond donors (Lipinski definition) is 2. The van der Waals surface area contributed by atoms with Crippen LogP contribution in [0.25, 0.3) is 0 Å². The number of phenols is 1. The summed E-state index contributed by atoms with van der Waals surface area (Å²) in [7, 11) is 0. The number of benzene rings is 1. The average Bonchev–Trinajstić information content (AvgIpc) is 2.07. The molecule has 0 amide bonds. The van der Waals surface area contributed by atoms with Crippen LogP contribution in [0.3, 0.4) is 0 Å². The normalized spacial score (nSPS) is 8.83. The standard InChI is InChI=1S/C10H10OS/c1-8-4-5-10(11)9(7-8)3-2-6-12/h4-5,7,11-12H,6H2,1H3. The molecule has 0 saturated heterocycles. The van der Waals surface area contributed by atoms with Gasteiger partial charge in [0.1, 0.15) is 5.75 Å². The van der Waals surface area contributed by atoms with Gasteiger partial charge in [-0.2, -0.15) is 12.6 Å². The van der Waals surface area contributed by atoms with Gasteiger partial charge in [0, 0.05) is 0 Å². The number of aryl methyl sites for hydroxylation is 1. The molecule has 1 rings (SSSR count). The molecule has 0 aliphatic heterocycles. The lowest BCUT2D eigenvalue weighted by molar-refractivity contribution is 0.473. The lowest BCUT2D eigenvalue weighted by atomic mass is 10.1. The van der Waals surface area contributed by atoms with Gasteiger partial charge in [-0.1, -0.05) is 17.9 Å².